The Balaban J connectivity index is 1.96. The van der Waals surface area contributed by atoms with E-state index < -0.39 is 0 Å². The van der Waals surface area contributed by atoms with Gasteiger partial charge in [0.15, 0.2) is 10.9 Å². The standard InChI is InChI=1S/C19H21BrN6OS/c1-11(2)21-18(27)17-16(10-28-19-22-12(3)9-13(4)23-19)26(25-24-17)15-7-5-14(20)6-8-15/h5-9,11H,10H2,1-4H3,(H,21,27). The Morgan fingerprint density at radius 3 is 2.43 bits per heavy atom. The van der Waals surface area contributed by atoms with Crippen molar-refractivity contribution in [2.45, 2.75) is 44.6 Å². The average molecular weight is 461 g/mol. The van der Waals surface area contributed by atoms with Crippen LogP contribution in [0.15, 0.2) is 40.0 Å². The highest BCUT2D eigenvalue weighted by atomic mass is 79.9. The van der Waals surface area contributed by atoms with Crippen LogP contribution in [0.25, 0.3) is 5.69 Å². The molecule has 0 radical (unpaired) electrons. The number of halogens is 1. The molecule has 146 valence electrons. The minimum atomic E-state index is -0.240. The molecular formula is C19H21BrN6OS. The van der Waals surface area contributed by atoms with Crippen LogP contribution in [0.5, 0.6) is 0 Å². The Kier molecular flexibility index (Phi) is 6.46. The first kappa shape index (κ1) is 20.5. The van der Waals surface area contributed by atoms with Gasteiger partial charge in [0.25, 0.3) is 5.91 Å². The molecule has 3 rings (SSSR count). The normalized spacial score (nSPS) is 11.1. The number of hydrogen-bond acceptors (Lipinski definition) is 6. The third-order valence-corrected chi connectivity index (χ3v) is 5.16. The number of carbonyl (C=O) groups excluding carboxylic acids is 1. The van der Waals surface area contributed by atoms with Crippen molar-refractivity contribution in [1.82, 2.24) is 30.3 Å². The van der Waals surface area contributed by atoms with E-state index in [4.69, 9.17) is 0 Å². The van der Waals surface area contributed by atoms with E-state index in [9.17, 15) is 4.79 Å². The second kappa shape index (κ2) is 8.83. The highest BCUT2D eigenvalue weighted by molar-refractivity contribution is 9.10. The summed E-state index contributed by atoms with van der Waals surface area (Å²) in [5.74, 6) is 0.225. The van der Waals surface area contributed by atoms with Gasteiger partial charge in [-0.2, -0.15) is 0 Å². The van der Waals surface area contributed by atoms with Crippen LogP contribution in [0.3, 0.4) is 0 Å². The van der Waals surface area contributed by atoms with Gasteiger partial charge in [-0.1, -0.05) is 32.9 Å². The first-order chi connectivity index (χ1) is 13.3. The Bertz CT molecular complexity index is 966. The zero-order valence-corrected chi connectivity index (χ0v) is 18.5. The summed E-state index contributed by atoms with van der Waals surface area (Å²) >= 11 is 4.89. The number of aromatic nitrogens is 5. The summed E-state index contributed by atoms with van der Waals surface area (Å²) < 4.78 is 2.66. The molecule has 0 saturated carbocycles. The van der Waals surface area contributed by atoms with Gasteiger partial charge in [0.1, 0.15) is 0 Å². The molecule has 9 heteroatoms. The molecule has 2 heterocycles. The highest BCUT2D eigenvalue weighted by Crippen LogP contribution is 2.24. The molecular weight excluding hydrogens is 440 g/mol. The number of benzene rings is 1. The van der Waals surface area contributed by atoms with Crippen LogP contribution in [-0.2, 0) is 5.75 Å². The van der Waals surface area contributed by atoms with Crippen LogP contribution in [0.1, 0.15) is 41.4 Å². The average Bonchev–Trinajstić information content (AvgIpc) is 3.03. The first-order valence-corrected chi connectivity index (χ1v) is 10.6. The number of thioether (sulfide) groups is 1. The minimum absolute atomic E-state index is 0.00795. The third-order valence-electron chi connectivity index (χ3n) is 3.77. The number of nitrogens with zero attached hydrogens (tertiary/aromatic N) is 5. The third kappa shape index (κ3) is 4.96. The van der Waals surface area contributed by atoms with E-state index in [0.717, 1.165) is 21.5 Å². The molecule has 0 spiro atoms. The number of rotatable bonds is 6. The first-order valence-electron chi connectivity index (χ1n) is 8.80. The fraction of sp³-hybridized carbons (Fsp3) is 0.316. The summed E-state index contributed by atoms with van der Waals surface area (Å²) in [7, 11) is 0. The molecule has 0 aliphatic heterocycles. The fourth-order valence-corrected chi connectivity index (χ4v) is 3.83. The molecule has 7 nitrogen and oxygen atoms in total. The van der Waals surface area contributed by atoms with Gasteiger partial charge in [-0.3, -0.25) is 4.79 Å². The van der Waals surface area contributed by atoms with Crippen molar-refractivity contribution < 1.29 is 4.79 Å². The van der Waals surface area contributed by atoms with Crippen LogP contribution in [-0.4, -0.2) is 36.9 Å². The summed E-state index contributed by atoms with van der Waals surface area (Å²) in [6.45, 7) is 7.70. The Morgan fingerprint density at radius 2 is 1.82 bits per heavy atom. The predicted molar refractivity (Wildman–Crippen MR) is 113 cm³/mol. The zero-order chi connectivity index (χ0) is 20.3. The number of hydrogen-bond donors (Lipinski definition) is 1. The smallest absolute Gasteiger partial charge is 0.274 e. The number of amides is 1. The number of carbonyl (C=O) groups is 1. The molecule has 2 aromatic heterocycles. The molecule has 0 atom stereocenters. The monoisotopic (exact) mass is 460 g/mol. The maximum Gasteiger partial charge on any atom is 0.274 e. The van der Waals surface area contributed by atoms with E-state index in [2.05, 4.69) is 41.5 Å². The maximum atomic E-state index is 12.6. The van der Waals surface area contributed by atoms with Gasteiger partial charge < -0.3 is 5.32 Å². The maximum absolute atomic E-state index is 12.6. The molecule has 3 aromatic rings. The van der Waals surface area contributed by atoms with Crippen molar-refractivity contribution in [2.75, 3.05) is 0 Å². The van der Waals surface area contributed by atoms with E-state index >= 15 is 0 Å². The minimum Gasteiger partial charge on any atom is -0.348 e. The van der Waals surface area contributed by atoms with Crippen LogP contribution in [0.2, 0.25) is 0 Å². The molecule has 1 N–H and O–H groups in total. The van der Waals surface area contributed by atoms with Crippen LogP contribution in [0, 0.1) is 13.8 Å². The van der Waals surface area contributed by atoms with Crippen LogP contribution in [0.4, 0.5) is 0 Å². The molecule has 28 heavy (non-hydrogen) atoms. The Hall–Kier alpha value is -2.26. The molecule has 0 bridgehead atoms. The lowest BCUT2D eigenvalue weighted by atomic mass is 10.2. The van der Waals surface area contributed by atoms with Crippen molar-refractivity contribution in [3.8, 4) is 5.69 Å². The molecule has 0 aliphatic rings. The summed E-state index contributed by atoms with van der Waals surface area (Å²) in [5.41, 5.74) is 3.66. The predicted octanol–water partition coefficient (Wildman–Crippen LogP) is 3.87. The SMILES string of the molecule is Cc1cc(C)nc(SCc2c(C(=O)NC(C)C)nnn2-c2ccc(Br)cc2)n1. The fourth-order valence-electron chi connectivity index (χ4n) is 2.62. The van der Waals surface area contributed by atoms with Crippen molar-refractivity contribution in [3.63, 3.8) is 0 Å². The summed E-state index contributed by atoms with van der Waals surface area (Å²) in [5, 5.41) is 11.9. The molecule has 0 unspecified atom stereocenters. The van der Waals surface area contributed by atoms with Crippen LogP contribution >= 0.6 is 27.7 Å². The molecule has 1 aromatic carbocycles. The molecule has 0 saturated heterocycles. The lowest BCUT2D eigenvalue weighted by molar-refractivity contribution is 0.0937. The Morgan fingerprint density at radius 1 is 1.18 bits per heavy atom. The molecule has 0 aliphatic carbocycles. The number of nitrogens with one attached hydrogen (secondary N) is 1. The Labute approximate surface area is 176 Å². The zero-order valence-electron chi connectivity index (χ0n) is 16.1. The van der Waals surface area contributed by atoms with E-state index in [1.807, 2.05) is 58.0 Å². The lowest BCUT2D eigenvalue weighted by Crippen LogP contribution is -2.31. The van der Waals surface area contributed by atoms with Crippen molar-refractivity contribution >= 4 is 33.6 Å². The van der Waals surface area contributed by atoms with Gasteiger partial charge in [-0.05, 0) is 58.0 Å². The van der Waals surface area contributed by atoms with Gasteiger partial charge in [0.2, 0.25) is 0 Å². The summed E-state index contributed by atoms with van der Waals surface area (Å²) in [6, 6.07) is 9.63. The largest absolute Gasteiger partial charge is 0.348 e. The van der Waals surface area contributed by atoms with E-state index in [1.54, 1.807) is 4.68 Å². The number of aryl methyl sites for hydroxylation is 2. The van der Waals surface area contributed by atoms with Crippen molar-refractivity contribution in [2.24, 2.45) is 0 Å². The van der Waals surface area contributed by atoms with Gasteiger partial charge in [0, 0.05) is 27.7 Å². The van der Waals surface area contributed by atoms with Gasteiger partial charge in [-0.25, -0.2) is 14.6 Å². The van der Waals surface area contributed by atoms with Crippen molar-refractivity contribution in [1.29, 1.82) is 0 Å². The summed E-state index contributed by atoms with van der Waals surface area (Å²) in [4.78, 5) is 21.6. The molecule has 0 fully saturated rings. The van der Waals surface area contributed by atoms with Gasteiger partial charge >= 0.3 is 0 Å². The van der Waals surface area contributed by atoms with E-state index in [-0.39, 0.29) is 11.9 Å². The van der Waals surface area contributed by atoms with Gasteiger partial charge in [-0.15, -0.1) is 5.10 Å². The van der Waals surface area contributed by atoms with Crippen LogP contribution < -0.4 is 5.32 Å². The van der Waals surface area contributed by atoms with Crippen molar-refractivity contribution in [3.05, 3.63) is 57.6 Å². The second-order valence-electron chi connectivity index (χ2n) is 6.62. The highest BCUT2D eigenvalue weighted by Gasteiger charge is 2.22. The topological polar surface area (TPSA) is 85.6 Å². The quantitative estimate of drug-likeness (QED) is 0.443. The van der Waals surface area contributed by atoms with Gasteiger partial charge in [0.05, 0.1) is 11.4 Å². The van der Waals surface area contributed by atoms with E-state index in [1.165, 1.54) is 11.8 Å². The second-order valence-corrected chi connectivity index (χ2v) is 8.48. The lowest BCUT2D eigenvalue weighted by Gasteiger charge is -2.10. The molecule has 1 amide bonds. The van der Waals surface area contributed by atoms with E-state index in [0.29, 0.717) is 22.3 Å². The summed E-state index contributed by atoms with van der Waals surface area (Å²) in [6.07, 6.45) is 0.